The molecule has 0 rings (SSSR count). The van der Waals surface area contributed by atoms with E-state index in [4.69, 9.17) is 15.0 Å². The molecule has 0 bridgehead atoms. The Bertz CT molecular complexity index is 241. The van der Waals surface area contributed by atoms with Gasteiger partial charge in [-0.05, 0) is 25.7 Å². The summed E-state index contributed by atoms with van der Waals surface area (Å²) in [6, 6.07) is 0. The molecule has 0 amide bonds. The number of aliphatic carboxylic acids is 1. The maximum absolute atomic E-state index is 9.00. The lowest BCUT2D eigenvalue weighted by Gasteiger charge is -1.99. The van der Waals surface area contributed by atoms with Gasteiger partial charge in [-0.15, -0.1) is 0 Å². The molecule has 0 unspecified atom stereocenters. The van der Waals surface area contributed by atoms with E-state index >= 15 is 0 Å². The largest absolute Gasteiger partial charge is 0.481 e. The van der Waals surface area contributed by atoms with Gasteiger partial charge in [-0.3, -0.25) is 4.79 Å². The van der Waals surface area contributed by atoms with Crippen molar-refractivity contribution in [3.8, 4) is 0 Å². The van der Waals surface area contributed by atoms with Crippen LogP contribution in [0.1, 0.15) is 71.6 Å². The van der Waals surface area contributed by atoms with Crippen molar-refractivity contribution < 1.29 is 15.0 Å². The van der Waals surface area contributed by atoms with E-state index in [-0.39, 0.29) is 0 Å². The van der Waals surface area contributed by atoms with E-state index in [1.54, 1.807) is 0 Å². The summed E-state index contributed by atoms with van der Waals surface area (Å²) >= 11 is 0. The van der Waals surface area contributed by atoms with Crippen LogP contribution in [0.25, 0.3) is 0 Å². The lowest BCUT2D eigenvalue weighted by atomic mass is 10.1. The van der Waals surface area contributed by atoms with Crippen LogP contribution in [0.2, 0.25) is 0 Å². The average molecular weight is 284 g/mol. The highest BCUT2D eigenvalue weighted by atomic mass is 16.4. The first-order chi connectivity index (χ1) is 9.65. The van der Waals surface area contributed by atoms with E-state index in [0.717, 1.165) is 19.8 Å². The molecule has 0 atom stereocenters. The van der Waals surface area contributed by atoms with E-state index in [1.807, 2.05) is 0 Å². The first kappa shape index (κ1) is 21.2. The topological polar surface area (TPSA) is 57.5 Å². The molecule has 0 aliphatic rings. The Labute approximate surface area is 124 Å². The van der Waals surface area contributed by atoms with Crippen LogP contribution >= 0.6 is 0 Å². The SMILES string of the molecule is CC(=O)O.CCC=CC=CCCCCCCCCCO. The number of unbranched alkanes of at least 4 members (excludes halogenated alkanes) is 7. The van der Waals surface area contributed by atoms with E-state index in [1.165, 1.54) is 44.9 Å². The van der Waals surface area contributed by atoms with Crippen molar-refractivity contribution in [2.24, 2.45) is 0 Å². The van der Waals surface area contributed by atoms with Crippen LogP contribution in [-0.2, 0) is 4.79 Å². The molecule has 0 saturated heterocycles. The summed E-state index contributed by atoms with van der Waals surface area (Å²) in [5.74, 6) is -0.833. The molecule has 118 valence electrons. The highest BCUT2D eigenvalue weighted by molar-refractivity contribution is 5.62. The van der Waals surface area contributed by atoms with Gasteiger partial charge in [-0.1, -0.05) is 63.3 Å². The normalized spacial score (nSPS) is 10.8. The van der Waals surface area contributed by atoms with Crippen molar-refractivity contribution in [2.75, 3.05) is 6.61 Å². The third-order valence-corrected chi connectivity index (χ3v) is 2.65. The van der Waals surface area contributed by atoms with Crippen molar-refractivity contribution in [1.82, 2.24) is 0 Å². The molecule has 20 heavy (non-hydrogen) atoms. The van der Waals surface area contributed by atoms with Gasteiger partial charge in [0, 0.05) is 13.5 Å². The van der Waals surface area contributed by atoms with E-state index in [9.17, 15) is 0 Å². The molecule has 0 aromatic rings. The number of carboxylic acids is 1. The molecule has 0 aromatic heterocycles. The highest BCUT2D eigenvalue weighted by Crippen LogP contribution is 2.08. The van der Waals surface area contributed by atoms with Gasteiger partial charge in [-0.2, -0.15) is 0 Å². The number of allylic oxidation sites excluding steroid dienone is 4. The minimum Gasteiger partial charge on any atom is -0.481 e. The number of carboxylic acid groups (broad SMARTS) is 1. The molecular weight excluding hydrogens is 252 g/mol. The van der Waals surface area contributed by atoms with Gasteiger partial charge in [0.15, 0.2) is 0 Å². The fourth-order valence-electron chi connectivity index (χ4n) is 1.65. The van der Waals surface area contributed by atoms with Crippen molar-refractivity contribution in [3.05, 3.63) is 24.3 Å². The van der Waals surface area contributed by atoms with Crippen molar-refractivity contribution in [1.29, 1.82) is 0 Å². The molecular formula is C17H32O3. The molecule has 3 nitrogen and oxygen atoms in total. The molecule has 0 spiro atoms. The summed E-state index contributed by atoms with van der Waals surface area (Å²) in [4.78, 5) is 9.00. The summed E-state index contributed by atoms with van der Waals surface area (Å²) in [6.07, 6.45) is 19.9. The molecule has 0 aromatic carbocycles. The van der Waals surface area contributed by atoms with E-state index in [0.29, 0.717) is 6.61 Å². The van der Waals surface area contributed by atoms with Gasteiger partial charge in [0.25, 0.3) is 5.97 Å². The van der Waals surface area contributed by atoms with Crippen LogP contribution < -0.4 is 0 Å². The van der Waals surface area contributed by atoms with Crippen LogP contribution in [0.15, 0.2) is 24.3 Å². The Morgan fingerprint density at radius 2 is 1.35 bits per heavy atom. The summed E-state index contributed by atoms with van der Waals surface area (Å²) in [5.41, 5.74) is 0. The third-order valence-electron chi connectivity index (χ3n) is 2.65. The minimum atomic E-state index is -0.833. The maximum atomic E-state index is 9.00. The molecule has 0 aliphatic heterocycles. The van der Waals surface area contributed by atoms with Gasteiger partial charge in [-0.25, -0.2) is 0 Å². The lowest BCUT2D eigenvalue weighted by Crippen LogP contribution is -1.83. The first-order valence-corrected chi connectivity index (χ1v) is 7.77. The Hall–Kier alpha value is -1.09. The minimum absolute atomic E-state index is 0.357. The van der Waals surface area contributed by atoms with Crippen LogP contribution in [0.3, 0.4) is 0 Å². The van der Waals surface area contributed by atoms with Crippen molar-refractivity contribution in [2.45, 2.75) is 71.6 Å². The number of hydrogen-bond donors (Lipinski definition) is 2. The second kappa shape index (κ2) is 20.2. The Morgan fingerprint density at radius 3 is 1.85 bits per heavy atom. The molecule has 2 N–H and O–H groups in total. The fourth-order valence-corrected chi connectivity index (χ4v) is 1.65. The molecule has 0 fully saturated rings. The number of aliphatic hydroxyl groups is 1. The number of rotatable bonds is 11. The Morgan fingerprint density at radius 1 is 0.900 bits per heavy atom. The van der Waals surface area contributed by atoms with E-state index in [2.05, 4.69) is 31.2 Å². The molecule has 0 aliphatic carbocycles. The molecule has 0 radical (unpaired) electrons. The van der Waals surface area contributed by atoms with E-state index < -0.39 is 5.97 Å². The third kappa shape index (κ3) is 30.2. The average Bonchev–Trinajstić information content (AvgIpc) is 2.39. The van der Waals surface area contributed by atoms with Crippen LogP contribution in [0.4, 0.5) is 0 Å². The predicted molar refractivity (Wildman–Crippen MR) is 85.9 cm³/mol. The van der Waals surface area contributed by atoms with Crippen molar-refractivity contribution in [3.63, 3.8) is 0 Å². The van der Waals surface area contributed by atoms with Crippen molar-refractivity contribution >= 4 is 5.97 Å². The quantitative estimate of drug-likeness (QED) is 0.426. The second-order valence-corrected chi connectivity index (χ2v) is 4.77. The summed E-state index contributed by atoms with van der Waals surface area (Å²) in [5, 5.41) is 16.0. The van der Waals surface area contributed by atoms with Gasteiger partial charge in [0.1, 0.15) is 0 Å². The fraction of sp³-hybridized carbons (Fsp3) is 0.706. The van der Waals surface area contributed by atoms with Gasteiger partial charge in [0.2, 0.25) is 0 Å². The Kier molecular flexibility index (Phi) is 21.5. The first-order valence-electron chi connectivity index (χ1n) is 7.77. The number of carbonyl (C=O) groups is 1. The number of aliphatic hydroxyl groups excluding tert-OH is 1. The predicted octanol–water partition coefficient (Wildman–Crippen LogP) is 4.71. The smallest absolute Gasteiger partial charge is 0.300 e. The lowest BCUT2D eigenvalue weighted by molar-refractivity contribution is -0.134. The van der Waals surface area contributed by atoms with Gasteiger partial charge in [0.05, 0.1) is 0 Å². The van der Waals surface area contributed by atoms with Crippen LogP contribution in [0.5, 0.6) is 0 Å². The van der Waals surface area contributed by atoms with Gasteiger partial charge < -0.3 is 10.2 Å². The highest BCUT2D eigenvalue weighted by Gasteiger charge is 1.90. The van der Waals surface area contributed by atoms with Crippen LogP contribution in [-0.4, -0.2) is 22.8 Å². The zero-order valence-electron chi connectivity index (χ0n) is 13.2. The standard InChI is InChI=1S/C15H28O.C2H4O2/c1-2-3-4-5-6-7-8-9-10-11-12-13-14-15-16;1-2(3)4/h3-6,16H,2,7-15H2,1H3;1H3,(H,3,4). The summed E-state index contributed by atoms with van der Waals surface area (Å²) in [7, 11) is 0. The maximum Gasteiger partial charge on any atom is 0.300 e. The second-order valence-electron chi connectivity index (χ2n) is 4.77. The molecule has 0 heterocycles. The zero-order valence-corrected chi connectivity index (χ0v) is 13.2. The van der Waals surface area contributed by atoms with Crippen LogP contribution in [0, 0.1) is 0 Å². The number of hydrogen-bond acceptors (Lipinski definition) is 2. The Balaban J connectivity index is 0. The molecule has 0 saturated carbocycles. The van der Waals surface area contributed by atoms with Gasteiger partial charge >= 0.3 is 0 Å². The molecule has 3 heteroatoms. The summed E-state index contributed by atoms with van der Waals surface area (Å²) in [6.45, 7) is 3.59. The monoisotopic (exact) mass is 284 g/mol. The summed E-state index contributed by atoms with van der Waals surface area (Å²) < 4.78 is 0. The zero-order chi connectivity index (χ0) is 15.5.